The minimum absolute atomic E-state index is 0.000370. The summed E-state index contributed by atoms with van der Waals surface area (Å²) in [6, 6.07) is 4.73. The fourth-order valence-electron chi connectivity index (χ4n) is 1.07. The third-order valence-electron chi connectivity index (χ3n) is 1.72. The molecule has 4 nitrogen and oxygen atoms in total. The maximum atomic E-state index is 10.4. The lowest BCUT2D eigenvalue weighted by atomic mass is 10.1. The number of rotatable bonds is 3. The van der Waals surface area contributed by atoms with Gasteiger partial charge in [-0.05, 0) is 11.6 Å². The van der Waals surface area contributed by atoms with E-state index in [1.165, 1.54) is 6.07 Å². The van der Waals surface area contributed by atoms with Gasteiger partial charge in [0, 0.05) is 12.1 Å². The summed E-state index contributed by atoms with van der Waals surface area (Å²) in [5, 5.41) is 17.8. The Morgan fingerprint density at radius 2 is 2.15 bits per heavy atom. The van der Waals surface area contributed by atoms with Crippen LogP contribution < -0.4 is 5.73 Å². The smallest absolute Gasteiger partial charge is 0.307 e. The lowest BCUT2D eigenvalue weighted by Crippen LogP contribution is -2.02. The van der Waals surface area contributed by atoms with Gasteiger partial charge >= 0.3 is 5.97 Å². The summed E-state index contributed by atoms with van der Waals surface area (Å²) in [6.45, 7) is 0.340. The van der Waals surface area contributed by atoms with E-state index in [1.807, 2.05) is 0 Å². The molecule has 0 bridgehead atoms. The molecule has 0 radical (unpaired) electrons. The molecule has 0 amide bonds. The molecule has 70 valence electrons. The van der Waals surface area contributed by atoms with Gasteiger partial charge in [-0.25, -0.2) is 0 Å². The number of aliphatic carboxylic acids is 1. The molecule has 0 aliphatic rings. The zero-order valence-electron chi connectivity index (χ0n) is 7.03. The van der Waals surface area contributed by atoms with Crippen LogP contribution in [0, 0.1) is 0 Å². The molecule has 0 aliphatic heterocycles. The molecule has 0 heterocycles. The highest BCUT2D eigenvalue weighted by atomic mass is 16.4. The van der Waals surface area contributed by atoms with Crippen molar-refractivity contribution in [2.75, 3.05) is 0 Å². The van der Waals surface area contributed by atoms with Gasteiger partial charge in [-0.3, -0.25) is 4.79 Å². The second-order valence-corrected chi connectivity index (χ2v) is 2.74. The molecule has 0 aromatic heterocycles. The Bertz CT molecular complexity index is 323. The van der Waals surface area contributed by atoms with E-state index in [-0.39, 0.29) is 12.2 Å². The number of aromatic hydroxyl groups is 1. The zero-order valence-corrected chi connectivity index (χ0v) is 7.03. The van der Waals surface area contributed by atoms with Gasteiger partial charge in [0.05, 0.1) is 6.42 Å². The summed E-state index contributed by atoms with van der Waals surface area (Å²) in [7, 11) is 0. The summed E-state index contributed by atoms with van der Waals surface area (Å²) in [5.74, 6) is -0.968. The highest BCUT2D eigenvalue weighted by molar-refractivity contribution is 5.71. The summed E-state index contributed by atoms with van der Waals surface area (Å²) in [4.78, 5) is 10.4. The van der Waals surface area contributed by atoms with Crippen molar-refractivity contribution >= 4 is 5.97 Å². The lowest BCUT2D eigenvalue weighted by Gasteiger charge is -2.03. The van der Waals surface area contributed by atoms with E-state index in [0.717, 1.165) is 5.56 Å². The molecule has 0 spiro atoms. The quantitative estimate of drug-likeness (QED) is 0.633. The first-order chi connectivity index (χ1) is 6.13. The molecule has 1 rings (SSSR count). The second-order valence-electron chi connectivity index (χ2n) is 2.74. The average molecular weight is 181 g/mol. The van der Waals surface area contributed by atoms with E-state index in [4.69, 9.17) is 10.8 Å². The Morgan fingerprint density at radius 3 is 2.69 bits per heavy atom. The fraction of sp³-hybridized carbons (Fsp3) is 0.222. The highest BCUT2D eigenvalue weighted by Crippen LogP contribution is 2.18. The minimum Gasteiger partial charge on any atom is -0.508 e. The maximum Gasteiger partial charge on any atom is 0.307 e. The number of carbonyl (C=O) groups is 1. The first-order valence-corrected chi connectivity index (χ1v) is 3.86. The number of carboxylic acids is 1. The first kappa shape index (κ1) is 9.54. The van der Waals surface area contributed by atoms with E-state index in [0.29, 0.717) is 12.1 Å². The van der Waals surface area contributed by atoms with Crippen molar-refractivity contribution in [3.05, 3.63) is 29.3 Å². The Hall–Kier alpha value is -1.55. The van der Waals surface area contributed by atoms with Crippen molar-refractivity contribution < 1.29 is 15.0 Å². The number of hydrogen-bond acceptors (Lipinski definition) is 3. The standard InChI is InChI=1S/C9H11NO3/c10-5-6-1-2-8(11)7(3-6)4-9(12)13/h1-3,11H,4-5,10H2,(H,12,13). The summed E-state index contributed by atoms with van der Waals surface area (Å²) in [5.41, 5.74) is 6.58. The van der Waals surface area contributed by atoms with Crippen LogP contribution in [0.3, 0.4) is 0 Å². The van der Waals surface area contributed by atoms with Gasteiger partial charge in [-0.1, -0.05) is 12.1 Å². The lowest BCUT2D eigenvalue weighted by molar-refractivity contribution is -0.136. The van der Waals surface area contributed by atoms with Gasteiger partial charge in [0.25, 0.3) is 0 Å². The Kier molecular flexibility index (Phi) is 2.87. The Balaban J connectivity index is 2.96. The van der Waals surface area contributed by atoms with Crippen molar-refractivity contribution in [2.24, 2.45) is 5.73 Å². The van der Waals surface area contributed by atoms with Crippen LogP contribution in [0.25, 0.3) is 0 Å². The number of carboxylic acid groups (broad SMARTS) is 1. The summed E-state index contributed by atoms with van der Waals surface area (Å²) >= 11 is 0. The summed E-state index contributed by atoms with van der Waals surface area (Å²) < 4.78 is 0. The molecule has 0 saturated heterocycles. The molecule has 0 fully saturated rings. The van der Waals surface area contributed by atoms with Crippen LogP contribution in [-0.2, 0) is 17.8 Å². The SMILES string of the molecule is NCc1ccc(O)c(CC(=O)O)c1. The normalized spacial score (nSPS) is 9.92. The molecule has 1 aromatic carbocycles. The monoisotopic (exact) mass is 181 g/mol. The maximum absolute atomic E-state index is 10.4. The van der Waals surface area contributed by atoms with Crippen LogP contribution in [0.5, 0.6) is 5.75 Å². The van der Waals surface area contributed by atoms with Crippen LogP contribution in [0.15, 0.2) is 18.2 Å². The van der Waals surface area contributed by atoms with Crippen LogP contribution in [0.1, 0.15) is 11.1 Å². The number of hydrogen-bond donors (Lipinski definition) is 3. The zero-order chi connectivity index (χ0) is 9.84. The van der Waals surface area contributed by atoms with Gasteiger partial charge in [0.2, 0.25) is 0 Å². The Morgan fingerprint density at radius 1 is 1.46 bits per heavy atom. The van der Waals surface area contributed by atoms with Gasteiger partial charge < -0.3 is 15.9 Å². The van der Waals surface area contributed by atoms with E-state index >= 15 is 0 Å². The number of benzene rings is 1. The number of phenolic OH excluding ortho intramolecular Hbond substituents is 1. The van der Waals surface area contributed by atoms with E-state index in [9.17, 15) is 9.90 Å². The summed E-state index contributed by atoms with van der Waals surface area (Å²) in [6.07, 6.45) is -0.181. The molecule has 0 unspecified atom stereocenters. The topological polar surface area (TPSA) is 83.5 Å². The molecule has 13 heavy (non-hydrogen) atoms. The van der Waals surface area contributed by atoms with Crippen molar-refractivity contribution in [1.29, 1.82) is 0 Å². The molecular weight excluding hydrogens is 170 g/mol. The molecule has 0 saturated carbocycles. The minimum atomic E-state index is -0.968. The van der Waals surface area contributed by atoms with Crippen LogP contribution >= 0.6 is 0 Å². The van der Waals surface area contributed by atoms with Gasteiger partial charge in [0.1, 0.15) is 5.75 Å². The Labute approximate surface area is 75.6 Å². The van der Waals surface area contributed by atoms with E-state index in [1.54, 1.807) is 12.1 Å². The third kappa shape index (κ3) is 2.45. The largest absolute Gasteiger partial charge is 0.508 e. The van der Waals surface area contributed by atoms with Gasteiger partial charge in [0.15, 0.2) is 0 Å². The third-order valence-corrected chi connectivity index (χ3v) is 1.72. The van der Waals surface area contributed by atoms with E-state index < -0.39 is 5.97 Å². The predicted molar refractivity (Wildman–Crippen MR) is 47.3 cm³/mol. The molecule has 1 aromatic rings. The number of nitrogens with two attached hydrogens (primary N) is 1. The molecule has 4 heteroatoms. The van der Waals surface area contributed by atoms with Gasteiger partial charge in [-0.2, -0.15) is 0 Å². The van der Waals surface area contributed by atoms with Crippen molar-refractivity contribution in [1.82, 2.24) is 0 Å². The molecular formula is C9H11NO3. The van der Waals surface area contributed by atoms with Gasteiger partial charge in [-0.15, -0.1) is 0 Å². The molecule has 0 atom stereocenters. The van der Waals surface area contributed by atoms with Crippen LogP contribution in [-0.4, -0.2) is 16.2 Å². The van der Waals surface area contributed by atoms with Crippen LogP contribution in [0.4, 0.5) is 0 Å². The van der Waals surface area contributed by atoms with Crippen molar-refractivity contribution in [2.45, 2.75) is 13.0 Å². The number of phenols is 1. The van der Waals surface area contributed by atoms with Crippen molar-refractivity contribution in [3.63, 3.8) is 0 Å². The first-order valence-electron chi connectivity index (χ1n) is 3.86. The van der Waals surface area contributed by atoms with Crippen LogP contribution in [0.2, 0.25) is 0 Å². The van der Waals surface area contributed by atoms with Crippen molar-refractivity contribution in [3.8, 4) is 5.75 Å². The fourth-order valence-corrected chi connectivity index (χ4v) is 1.07. The second kappa shape index (κ2) is 3.91. The molecule has 0 aliphatic carbocycles. The van der Waals surface area contributed by atoms with E-state index in [2.05, 4.69) is 0 Å². The predicted octanol–water partition coefficient (Wildman–Crippen LogP) is 0.478. The highest BCUT2D eigenvalue weighted by Gasteiger charge is 2.06. The molecule has 4 N–H and O–H groups in total. The average Bonchev–Trinajstić information content (AvgIpc) is 2.08.